The van der Waals surface area contributed by atoms with Gasteiger partial charge in [0, 0.05) is 28.2 Å². The van der Waals surface area contributed by atoms with E-state index in [0.717, 1.165) is 79.4 Å². The Morgan fingerprint density at radius 1 is 0.837 bits per heavy atom. The van der Waals surface area contributed by atoms with Gasteiger partial charge >= 0.3 is 0 Å². The maximum Gasteiger partial charge on any atom is 0.124 e. The summed E-state index contributed by atoms with van der Waals surface area (Å²) in [5, 5.41) is 7.09. The van der Waals surface area contributed by atoms with Crippen LogP contribution in [0, 0.1) is 29.1 Å². The average Bonchev–Trinajstić information content (AvgIpc) is 3.83. The summed E-state index contributed by atoms with van der Waals surface area (Å²) < 4.78 is -0.0730. The second-order valence-electron chi connectivity index (χ2n) is 13.1. The predicted octanol–water partition coefficient (Wildman–Crippen LogP) is 5.43. The number of nitrogens with one attached hydrogen (secondary N) is 4. The Balaban J connectivity index is 1.24. The van der Waals surface area contributed by atoms with Gasteiger partial charge in [-0.2, -0.15) is 25.3 Å². The molecule has 4 heterocycles. The second kappa shape index (κ2) is 12.8. The molecule has 2 saturated heterocycles. The molecule has 0 amide bonds. The lowest BCUT2D eigenvalue weighted by Crippen LogP contribution is -2.24. The maximum absolute atomic E-state index is 4.68. The molecule has 2 atom stereocenters. The molecule has 4 N–H and O–H groups in total. The van der Waals surface area contributed by atoms with Gasteiger partial charge < -0.3 is 20.6 Å². The highest BCUT2D eigenvalue weighted by atomic mass is 32.2. The van der Waals surface area contributed by atoms with Gasteiger partial charge in [0.05, 0.1) is 18.4 Å². The minimum absolute atomic E-state index is 0.0730. The van der Waals surface area contributed by atoms with E-state index >= 15 is 0 Å². The number of aromatic amines is 2. The number of imidazole rings is 2. The molecular weight excluding hydrogens is 569 g/mol. The zero-order valence-electron chi connectivity index (χ0n) is 24.9. The number of benzene rings is 1. The largest absolute Gasteiger partial charge is 0.335 e. The van der Waals surface area contributed by atoms with E-state index in [1.807, 2.05) is 12.4 Å². The van der Waals surface area contributed by atoms with Crippen molar-refractivity contribution in [3.05, 3.63) is 69.3 Å². The third-order valence-electron chi connectivity index (χ3n) is 9.92. The third kappa shape index (κ3) is 6.59. The molecule has 0 radical (unpaired) electrons. The van der Waals surface area contributed by atoms with Crippen molar-refractivity contribution >= 4 is 25.3 Å². The molecule has 1 spiro atoms. The fraction of sp³-hybridized carbons (Fsp3) is 0.543. The van der Waals surface area contributed by atoms with Gasteiger partial charge in [0.25, 0.3) is 0 Å². The van der Waals surface area contributed by atoms with Crippen LogP contribution in [-0.4, -0.2) is 43.6 Å². The highest BCUT2D eigenvalue weighted by Crippen LogP contribution is 2.49. The van der Waals surface area contributed by atoms with Crippen LogP contribution in [0.25, 0.3) is 0 Å². The van der Waals surface area contributed by atoms with E-state index in [1.165, 1.54) is 68.1 Å². The highest BCUT2D eigenvalue weighted by molar-refractivity contribution is 7.99. The molecule has 0 bridgehead atoms. The highest BCUT2D eigenvalue weighted by Gasteiger charge is 2.40. The first-order chi connectivity index (χ1) is 21.0. The van der Waals surface area contributed by atoms with Crippen LogP contribution in [0.15, 0.2) is 18.5 Å². The third-order valence-corrected chi connectivity index (χ3v) is 10.3. The molecule has 2 aromatic heterocycles. The second-order valence-corrected chi connectivity index (χ2v) is 14.7. The van der Waals surface area contributed by atoms with Crippen molar-refractivity contribution in [2.75, 3.05) is 13.1 Å². The molecule has 3 fully saturated rings. The average molecular weight is 611 g/mol. The molecule has 1 saturated carbocycles. The Bertz CT molecular complexity index is 1580. The standard InChI is InChI=1S/C35H42N6S2/c42-33(43)17-24-16-23(8-9-27-22-39-34(41-27)31-7-5-15-37-31)29-19-35(12-2-1-3-13-35)20-30(29)28(24)11-10-26-21-38-32(40-26)18-25-6-4-14-36-25/h16,21-22,25,31,33,36-37,42-43H,1-7,12-15,17-20H2,(H,38,40)(H,39,41). The van der Waals surface area contributed by atoms with Crippen LogP contribution in [0.1, 0.15) is 115 Å². The summed E-state index contributed by atoms with van der Waals surface area (Å²) in [4.78, 5) is 16.2. The SMILES string of the molecule is SC(S)Cc1cc(C#Cc2cnc(C3CCCN3)[nH]2)c2c(c1C#Cc1cnc(CC3CCCN3)[nH]1)CC1(CCCCC1)C2. The molecule has 43 heavy (non-hydrogen) atoms. The number of H-pyrrole nitrogens is 2. The van der Waals surface area contributed by atoms with E-state index in [1.54, 1.807) is 0 Å². The molecule has 2 unspecified atom stereocenters. The van der Waals surface area contributed by atoms with E-state index in [9.17, 15) is 0 Å². The molecule has 2 aliphatic heterocycles. The van der Waals surface area contributed by atoms with Crippen LogP contribution in [0.3, 0.4) is 0 Å². The summed E-state index contributed by atoms with van der Waals surface area (Å²) in [6, 6.07) is 3.10. The van der Waals surface area contributed by atoms with Gasteiger partial charge in [-0.25, -0.2) is 9.97 Å². The van der Waals surface area contributed by atoms with Crippen molar-refractivity contribution in [3.63, 3.8) is 0 Å². The van der Waals surface area contributed by atoms with Crippen LogP contribution < -0.4 is 10.6 Å². The van der Waals surface area contributed by atoms with E-state index in [2.05, 4.69) is 85.6 Å². The van der Waals surface area contributed by atoms with E-state index in [4.69, 9.17) is 0 Å². The molecule has 2 aliphatic carbocycles. The molecule has 1 aromatic carbocycles. The molecule has 6 nitrogen and oxygen atoms in total. The first kappa shape index (κ1) is 29.1. The Morgan fingerprint density at radius 3 is 2.40 bits per heavy atom. The Kier molecular flexibility index (Phi) is 8.65. The van der Waals surface area contributed by atoms with Crippen molar-refractivity contribution in [2.45, 2.75) is 100 Å². The first-order valence-corrected chi connectivity index (χ1v) is 17.2. The lowest BCUT2D eigenvalue weighted by molar-refractivity contribution is 0.202. The minimum atomic E-state index is -0.0730. The van der Waals surface area contributed by atoms with Gasteiger partial charge in [0.1, 0.15) is 23.0 Å². The summed E-state index contributed by atoms with van der Waals surface area (Å²) in [7, 11) is 0. The summed E-state index contributed by atoms with van der Waals surface area (Å²) in [6.07, 6.45) is 18.9. The maximum atomic E-state index is 4.68. The Hall–Kier alpha value is -2.62. The summed E-state index contributed by atoms with van der Waals surface area (Å²) >= 11 is 9.36. The number of thiol groups is 2. The Labute approximate surface area is 266 Å². The van der Waals surface area contributed by atoms with E-state index < -0.39 is 0 Å². The van der Waals surface area contributed by atoms with Crippen LogP contribution in [0.4, 0.5) is 0 Å². The Morgan fingerprint density at radius 2 is 1.60 bits per heavy atom. The van der Waals surface area contributed by atoms with E-state index in [0.29, 0.717) is 17.5 Å². The van der Waals surface area contributed by atoms with Crippen molar-refractivity contribution in [1.29, 1.82) is 0 Å². The fourth-order valence-corrected chi connectivity index (χ4v) is 8.18. The molecule has 224 valence electrons. The number of nitrogens with zero attached hydrogens (tertiary/aromatic N) is 2. The summed E-state index contributed by atoms with van der Waals surface area (Å²) in [5.41, 5.74) is 8.34. The number of aromatic nitrogens is 4. The van der Waals surface area contributed by atoms with Gasteiger partial charge in [-0.05, 0) is 111 Å². The molecule has 3 aromatic rings. The van der Waals surface area contributed by atoms with Gasteiger partial charge in [-0.3, -0.25) is 0 Å². The zero-order chi connectivity index (χ0) is 29.2. The van der Waals surface area contributed by atoms with Crippen LogP contribution >= 0.6 is 25.3 Å². The lowest BCUT2D eigenvalue weighted by Gasteiger charge is -2.33. The fourth-order valence-electron chi connectivity index (χ4n) is 7.78. The van der Waals surface area contributed by atoms with Crippen molar-refractivity contribution < 1.29 is 0 Å². The smallest absolute Gasteiger partial charge is 0.124 e. The van der Waals surface area contributed by atoms with Gasteiger partial charge in [-0.1, -0.05) is 31.1 Å². The van der Waals surface area contributed by atoms with E-state index in [-0.39, 0.29) is 4.58 Å². The van der Waals surface area contributed by atoms with Gasteiger partial charge in [0.2, 0.25) is 0 Å². The van der Waals surface area contributed by atoms with Crippen LogP contribution in [0.2, 0.25) is 0 Å². The monoisotopic (exact) mass is 610 g/mol. The number of hydrogen-bond donors (Lipinski definition) is 6. The molecular formula is C35H42N6S2. The molecule has 4 aliphatic rings. The number of hydrogen-bond acceptors (Lipinski definition) is 6. The van der Waals surface area contributed by atoms with Crippen LogP contribution in [-0.2, 0) is 25.7 Å². The van der Waals surface area contributed by atoms with Gasteiger partial charge in [0.15, 0.2) is 0 Å². The minimum Gasteiger partial charge on any atom is -0.335 e. The summed E-state index contributed by atoms with van der Waals surface area (Å²) in [6.45, 7) is 2.15. The van der Waals surface area contributed by atoms with Crippen molar-refractivity contribution in [1.82, 2.24) is 30.6 Å². The lowest BCUT2D eigenvalue weighted by atomic mass is 9.72. The first-order valence-electron chi connectivity index (χ1n) is 16.2. The topological polar surface area (TPSA) is 81.4 Å². The van der Waals surface area contributed by atoms with Crippen LogP contribution in [0.5, 0.6) is 0 Å². The quantitative estimate of drug-likeness (QED) is 0.132. The number of rotatable bonds is 5. The van der Waals surface area contributed by atoms with Crippen molar-refractivity contribution in [3.8, 4) is 23.7 Å². The zero-order valence-corrected chi connectivity index (χ0v) is 26.6. The van der Waals surface area contributed by atoms with Gasteiger partial charge in [-0.15, -0.1) is 0 Å². The number of fused-ring (bicyclic) bond motifs is 1. The molecule has 8 heteroatoms. The normalized spacial score (nSPS) is 22.4. The summed E-state index contributed by atoms with van der Waals surface area (Å²) in [5.74, 6) is 16.1. The molecule has 7 rings (SSSR count). The van der Waals surface area contributed by atoms with Crippen molar-refractivity contribution in [2.24, 2.45) is 5.41 Å². The predicted molar refractivity (Wildman–Crippen MR) is 179 cm³/mol.